The van der Waals surface area contributed by atoms with Crippen molar-refractivity contribution in [2.24, 2.45) is 0 Å². The second-order valence-electron chi connectivity index (χ2n) is 3.84. The molecule has 0 radical (unpaired) electrons. The lowest BCUT2D eigenvalue weighted by molar-refractivity contribution is -0.135. The van der Waals surface area contributed by atoms with Crippen molar-refractivity contribution in [3.05, 3.63) is 30.3 Å². The number of aliphatic carboxylic acids is 1. The highest BCUT2D eigenvalue weighted by molar-refractivity contribution is 5.74. The number of anilines is 1. The number of hydrogen-bond acceptors (Lipinski definition) is 3. The minimum Gasteiger partial charge on any atom is -0.480 e. The SMILES string of the molecule is CC(O)C(C)N(CC(=O)O)c1ccccc1. The lowest BCUT2D eigenvalue weighted by Gasteiger charge is -2.31. The Kier molecular flexibility index (Phi) is 4.31. The molecule has 0 saturated carbocycles. The molecule has 4 nitrogen and oxygen atoms in total. The van der Waals surface area contributed by atoms with Gasteiger partial charge in [0.25, 0.3) is 0 Å². The number of aliphatic hydroxyl groups excluding tert-OH is 1. The molecule has 2 unspecified atom stereocenters. The standard InChI is InChI=1S/C12H17NO3/c1-9(10(2)14)13(8-12(15)16)11-6-4-3-5-7-11/h3-7,9-10,14H,8H2,1-2H3,(H,15,16). The maximum atomic E-state index is 10.8. The molecule has 0 saturated heterocycles. The Morgan fingerprint density at radius 3 is 2.31 bits per heavy atom. The van der Waals surface area contributed by atoms with Gasteiger partial charge in [-0.3, -0.25) is 4.79 Å². The van der Waals surface area contributed by atoms with Gasteiger partial charge < -0.3 is 15.1 Å². The van der Waals surface area contributed by atoms with Crippen LogP contribution in [0.5, 0.6) is 0 Å². The van der Waals surface area contributed by atoms with Crippen LogP contribution in [-0.2, 0) is 4.79 Å². The molecular formula is C12H17NO3. The number of carboxylic acid groups (broad SMARTS) is 1. The van der Waals surface area contributed by atoms with Gasteiger partial charge in [-0.15, -0.1) is 0 Å². The molecule has 2 N–H and O–H groups in total. The maximum Gasteiger partial charge on any atom is 0.323 e. The Morgan fingerprint density at radius 2 is 1.88 bits per heavy atom. The largest absolute Gasteiger partial charge is 0.480 e. The first kappa shape index (κ1) is 12.5. The molecular weight excluding hydrogens is 206 g/mol. The molecule has 88 valence electrons. The van der Waals surface area contributed by atoms with E-state index < -0.39 is 12.1 Å². The first-order valence-corrected chi connectivity index (χ1v) is 5.24. The zero-order valence-electron chi connectivity index (χ0n) is 9.50. The third-order valence-electron chi connectivity index (χ3n) is 2.58. The second-order valence-corrected chi connectivity index (χ2v) is 3.84. The fraction of sp³-hybridized carbons (Fsp3) is 0.417. The molecule has 0 bridgehead atoms. The van der Waals surface area contributed by atoms with Gasteiger partial charge in [0.05, 0.1) is 12.1 Å². The summed E-state index contributed by atoms with van der Waals surface area (Å²) in [6.07, 6.45) is -0.584. The minimum absolute atomic E-state index is 0.115. The number of rotatable bonds is 5. The lowest BCUT2D eigenvalue weighted by Crippen LogP contribution is -2.43. The van der Waals surface area contributed by atoms with Crippen LogP contribution in [-0.4, -0.2) is 34.9 Å². The van der Waals surface area contributed by atoms with Crippen LogP contribution >= 0.6 is 0 Å². The van der Waals surface area contributed by atoms with Gasteiger partial charge in [-0.1, -0.05) is 18.2 Å². The predicted molar refractivity (Wildman–Crippen MR) is 62.6 cm³/mol. The van der Waals surface area contributed by atoms with Gasteiger partial charge in [0.2, 0.25) is 0 Å². The molecule has 1 rings (SSSR count). The van der Waals surface area contributed by atoms with E-state index in [1.54, 1.807) is 18.7 Å². The monoisotopic (exact) mass is 223 g/mol. The third kappa shape index (κ3) is 3.24. The number of aliphatic hydroxyl groups is 1. The van der Waals surface area contributed by atoms with Crippen molar-refractivity contribution >= 4 is 11.7 Å². The zero-order chi connectivity index (χ0) is 12.1. The van der Waals surface area contributed by atoms with Crippen molar-refractivity contribution in [2.45, 2.75) is 26.0 Å². The van der Waals surface area contributed by atoms with E-state index in [-0.39, 0.29) is 12.6 Å². The molecule has 0 spiro atoms. The Labute approximate surface area is 95.1 Å². The van der Waals surface area contributed by atoms with Gasteiger partial charge in [0, 0.05) is 5.69 Å². The van der Waals surface area contributed by atoms with E-state index >= 15 is 0 Å². The van der Waals surface area contributed by atoms with Crippen molar-refractivity contribution in [1.29, 1.82) is 0 Å². The summed E-state index contributed by atoms with van der Waals surface area (Å²) in [5.74, 6) is -0.906. The molecule has 0 aromatic heterocycles. The van der Waals surface area contributed by atoms with Crippen molar-refractivity contribution in [2.75, 3.05) is 11.4 Å². The summed E-state index contributed by atoms with van der Waals surface area (Å²) in [4.78, 5) is 12.5. The Hall–Kier alpha value is -1.55. The van der Waals surface area contributed by atoms with Crippen LogP contribution in [0.25, 0.3) is 0 Å². The average Bonchev–Trinajstić information content (AvgIpc) is 2.26. The summed E-state index contributed by atoms with van der Waals surface area (Å²) in [7, 11) is 0. The summed E-state index contributed by atoms with van der Waals surface area (Å²) in [6, 6.07) is 9.00. The Balaban J connectivity index is 2.91. The molecule has 2 atom stereocenters. The van der Waals surface area contributed by atoms with E-state index in [4.69, 9.17) is 5.11 Å². The van der Waals surface area contributed by atoms with E-state index in [1.807, 2.05) is 30.3 Å². The molecule has 16 heavy (non-hydrogen) atoms. The maximum absolute atomic E-state index is 10.8. The molecule has 1 aromatic rings. The summed E-state index contributed by atoms with van der Waals surface area (Å²) in [5.41, 5.74) is 0.804. The van der Waals surface area contributed by atoms with Gasteiger partial charge in [-0.25, -0.2) is 0 Å². The fourth-order valence-corrected chi connectivity index (χ4v) is 1.50. The summed E-state index contributed by atoms with van der Waals surface area (Å²) in [5, 5.41) is 18.4. The topological polar surface area (TPSA) is 60.8 Å². The quantitative estimate of drug-likeness (QED) is 0.791. The van der Waals surface area contributed by atoms with Gasteiger partial charge >= 0.3 is 5.97 Å². The van der Waals surface area contributed by atoms with Gasteiger partial charge in [0.1, 0.15) is 6.54 Å². The van der Waals surface area contributed by atoms with Gasteiger partial charge in [-0.05, 0) is 26.0 Å². The molecule has 0 aliphatic rings. The van der Waals surface area contributed by atoms with E-state index in [0.717, 1.165) is 5.69 Å². The van der Waals surface area contributed by atoms with Crippen LogP contribution in [0.4, 0.5) is 5.69 Å². The van der Waals surface area contributed by atoms with Crippen LogP contribution < -0.4 is 4.90 Å². The van der Waals surface area contributed by atoms with E-state index in [9.17, 15) is 9.90 Å². The number of carbonyl (C=O) groups is 1. The highest BCUT2D eigenvalue weighted by Crippen LogP contribution is 2.17. The molecule has 0 aliphatic carbocycles. The Bertz CT molecular complexity index is 337. The van der Waals surface area contributed by atoms with Crippen LogP contribution in [0.2, 0.25) is 0 Å². The summed E-state index contributed by atoms with van der Waals surface area (Å²) >= 11 is 0. The van der Waals surface area contributed by atoms with Crippen molar-refractivity contribution < 1.29 is 15.0 Å². The molecule has 0 fully saturated rings. The molecule has 1 aromatic carbocycles. The van der Waals surface area contributed by atoms with E-state index in [0.29, 0.717) is 0 Å². The number of para-hydroxylation sites is 1. The third-order valence-corrected chi connectivity index (χ3v) is 2.58. The second kappa shape index (κ2) is 5.51. The first-order chi connectivity index (χ1) is 7.52. The van der Waals surface area contributed by atoms with Crippen molar-refractivity contribution in [3.63, 3.8) is 0 Å². The number of nitrogens with zero attached hydrogens (tertiary/aromatic N) is 1. The normalized spacial score (nSPS) is 14.2. The smallest absolute Gasteiger partial charge is 0.323 e. The van der Waals surface area contributed by atoms with Crippen molar-refractivity contribution in [1.82, 2.24) is 0 Å². The lowest BCUT2D eigenvalue weighted by atomic mass is 10.1. The number of hydrogen-bond donors (Lipinski definition) is 2. The van der Waals surface area contributed by atoms with Crippen LogP contribution in [0, 0.1) is 0 Å². The highest BCUT2D eigenvalue weighted by atomic mass is 16.4. The number of benzene rings is 1. The highest BCUT2D eigenvalue weighted by Gasteiger charge is 2.20. The molecule has 0 amide bonds. The summed E-state index contributed by atoms with van der Waals surface area (Å²) in [6.45, 7) is 3.35. The van der Waals surface area contributed by atoms with Crippen LogP contribution in [0.15, 0.2) is 30.3 Å². The van der Waals surface area contributed by atoms with Gasteiger partial charge in [-0.2, -0.15) is 0 Å². The number of carboxylic acids is 1. The predicted octanol–water partition coefficient (Wildman–Crippen LogP) is 1.35. The summed E-state index contributed by atoms with van der Waals surface area (Å²) < 4.78 is 0. The van der Waals surface area contributed by atoms with Crippen LogP contribution in [0.3, 0.4) is 0 Å². The van der Waals surface area contributed by atoms with E-state index in [2.05, 4.69) is 0 Å². The fourth-order valence-electron chi connectivity index (χ4n) is 1.50. The van der Waals surface area contributed by atoms with Crippen molar-refractivity contribution in [3.8, 4) is 0 Å². The first-order valence-electron chi connectivity index (χ1n) is 5.24. The molecule has 0 heterocycles. The Morgan fingerprint density at radius 1 is 1.31 bits per heavy atom. The van der Waals surface area contributed by atoms with E-state index in [1.165, 1.54) is 0 Å². The average molecular weight is 223 g/mol. The van der Waals surface area contributed by atoms with Gasteiger partial charge in [0.15, 0.2) is 0 Å². The molecule has 4 heteroatoms. The zero-order valence-corrected chi connectivity index (χ0v) is 9.50. The minimum atomic E-state index is -0.906. The molecule has 0 aliphatic heterocycles. The van der Waals surface area contributed by atoms with Crippen LogP contribution in [0.1, 0.15) is 13.8 Å².